The average molecular weight is 791 g/mol. The van der Waals surface area contributed by atoms with Gasteiger partial charge in [0.05, 0.1) is 33.5 Å². The van der Waals surface area contributed by atoms with E-state index < -0.39 is 0 Å². The molecule has 0 aliphatic heterocycles. The highest BCUT2D eigenvalue weighted by Gasteiger charge is 2.17. The molecule has 0 amide bonds. The van der Waals surface area contributed by atoms with E-state index in [0.29, 0.717) is 5.82 Å². The third-order valence-electron chi connectivity index (χ3n) is 12.1. The van der Waals surface area contributed by atoms with Crippen molar-refractivity contribution in [2.24, 2.45) is 0 Å². The standard InChI is InChI=1S/C58H38N4/c1-4-16-39(17-5-1)52-38-53(60-58(59-52)40-18-6-2-7-19-40)45-22-14-20-41(34-45)43-30-32-56-50(36-43)51-37-44(31-33-57(51)61(56)46-23-8-3-9-24-46)42-21-15-25-47(35-42)62-54-28-12-10-26-48(54)49-27-11-13-29-55(49)62/h1-38H. The molecule has 12 rings (SSSR count). The maximum atomic E-state index is 5.14. The molecule has 0 bridgehead atoms. The second-order valence-corrected chi connectivity index (χ2v) is 15.8. The van der Waals surface area contributed by atoms with Gasteiger partial charge in [-0.2, -0.15) is 0 Å². The number of hydrogen-bond donors (Lipinski definition) is 0. The van der Waals surface area contributed by atoms with E-state index in [4.69, 9.17) is 9.97 Å². The molecule has 0 saturated carbocycles. The van der Waals surface area contributed by atoms with Crippen molar-refractivity contribution in [2.75, 3.05) is 0 Å². The lowest BCUT2D eigenvalue weighted by atomic mass is 9.98. The predicted octanol–water partition coefficient (Wildman–Crippen LogP) is 15.0. The number of benzene rings is 9. The van der Waals surface area contributed by atoms with E-state index in [9.17, 15) is 0 Å². The van der Waals surface area contributed by atoms with E-state index in [1.807, 2.05) is 24.3 Å². The van der Waals surface area contributed by atoms with Crippen molar-refractivity contribution in [1.29, 1.82) is 0 Å². The van der Waals surface area contributed by atoms with Gasteiger partial charge in [0.25, 0.3) is 0 Å². The molecule has 3 heterocycles. The van der Waals surface area contributed by atoms with Crippen LogP contribution in [0.5, 0.6) is 0 Å². The maximum absolute atomic E-state index is 5.14. The van der Waals surface area contributed by atoms with Crippen LogP contribution in [0.4, 0.5) is 0 Å². The molecule has 290 valence electrons. The van der Waals surface area contributed by atoms with Crippen molar-refractivity contribution in [3.8, 4) is 67.5 Å². The number of aromatic nitrogens is 4. The summed E-state index contributed by atoms with van der Waals surface area (Å²) in [5.41, 5.74) is 16.5. The van der Waals surface area contributed by atoms with E-state index in [2.05, 4.69) is 215 Å². The molecule has 0 fully saturated rings. The van der Waals surface area contributed by atoms with Gasteiger partial charge in [-0.05, 0) is 95.1 Å². The first-order chi connectivity index (χ1) is 30.7. The molecule has 4 heteroatoms. The van der Waals surface area contributed by atoms with Crippen LogP contribution in [0.15, 0.2) is 231 Å². The number of fused-ring (bicyclic) bond motifs is 6. The zero-order valence-electron chi connectivity index (χ0n) is 33.7. The number of rotatable bonds is 7. The second-order valence-electron chi connectivity index (χ2n) is 15.8. The van der Waals surface area contributed by atoms with Crippen molar-refractivity contribution in [1.82, 2.24) is 19.1 Å². The highest BCUT2D eigenvalue weighted by atomic mass is 15.0. The minimum Gasteiger partial charge on any atom is -0.309 e. The van der Waals surface area contributed by atoms with Gasteiger partial charge >= 0.3 is 0 Å². The minimum absolute atomic E-state index is 0.707. The quantitative estimate of drug-likeness (QED) is 0.161. The van der Waals surface area contributed by atoms with Crippen molar-refractivity contribution in [3.63, 3.8) is 0 Å². The Hall–Kier alpha value is -8.34. The van der Waals surface area contributed by atoms with Gasteiger partial charge in [-0.3, -0.25) is 0 Å². The zero-order chi connectivity index (χ0) is 41.0. The molecule has 0 spiro atoms. The Labute approximate surface area is 359 Å². The first kappa shape index (κ1) is 35.6. The normalized spacial score (nSPS) is 11.5. The van der Waals surface area contributed by atoms with Crippen LogP contribution in [0, 0.1) is 0 Å². The molecule has 0 aliphatic carbocycles. The Morgan fingerprint density at radius 3 is 1.29 bits per heavy atom. The van der Waals surface area contributed by atoms with E-state index in [1.54, 1.807) is 0 Å². The highest BCUT2D eigenvalue weighted by Crippen LogP contribution is 2.39. The van der Waals surface area contributed by atoms with Gasteiger partial charge in [0.2, 0.25) is 0 Å². The number of nitrogens with zero attached hydrogens (tertiary/aromatic N) is 4. The molecule has 62 heavy (non-hydrogen) atoms. The molecule has 0 N–H and O–H groups in total. The second kappa shape index (κ2) is 14.7. The van der Waals surface area contributed by atoms with Gasteiger partial charge in [-0.15, -0.1) is 0 Å². The monoisotopic (exact) mass is 790 g/mol. The van der Waals surface area contributed by atoms with Crippen LogP contribution in [-0.2, 0) is 0 Å². The first-order valence-electron chi connectivity index (χ1n) is 21.1. The van der Waals surface area contributed by atoms with Gasteiger partial charge in [-0.25, -0.2) is 9.97 Å². The zero-order valence-corrected chi connectivity index (χ0v) is 33.7. The summed E-state index contributed by atoms with van der Waals surface area (Å²) >= 11 is 0. The molecule has 0 radical (unpaired) electrons. The van der Waals surface area contributed by atoms with Gasteiger partial charge in [0.1, 0.15) is 0 Å². The van der Waals surface area contributed by atoms with Gasteiger partial charge in [0, 0.05) is 49.6 Å². The SMILES string of the molecule is c1ccc(-c2cc(-c3cccc(-c4ccc5c(c4)c4cc(-c6cccc(-n7c8ccccc8c8ccccc87)c6)ccc4n5-c4ccccc4)c3)nc(-c3ccccc3)n2)cc1. The van der Waals surface area contributed by atoms with Crippen LogP contribution in [-0.4, -0.2) is 19.1 Å². The summed E-state index contributed by atoms with van der Waals surface area (Å²) in [7, 11) is 0. The largest absolute Gasteiger partial charge is 0.309 e. The first-order valence-corrected chi connectivity index (χ1v) is 21.1. The summed E-state index contributed by atoms with van der Waals surface area (Å²) in [4.78, 5) is 10.2. The van der Waals surface area contributed by atoms with Crippen LogP contribution in [0.1, 0.15) is 0 Å². The number of para-hydroxylation sites is 3. The summed E-state index contributed by atoms with van der Waals surface area (Å²) < 4.78 is 4.78. The van der Waals surface area contributed by atoms with Crippen LogP contribution >= 0.6 is 0 Å². The molecule has 9 aromatic carbocycles. The van der Waals surface area contributed by atoms with Crippen molar-refractivity contribution < 1.29 is 0 Å². The molecule has 0 aliphatic rings. The molecule has 4 nitrogen and oxygen atoms in total. The van der Waals surface area contributed by atoms with Crippen molar-refractivity contribution in [3.05, 3.63) is 231 Å². The van der Waals surface area contributed by atoms with Crippen LogP contribution in [0.3, 0.4) is 0 Å². The Morgan fingerprint density at radius 2 is 0.661 bits per heavy atom. The Bertz CT molecular complexity index is 3510. The molecule has 0 atom stereocenters. The minimum atomic E-state index is 0.707. The van der Waals surface area contributed by atoms with Gasteiger partial charge in [0.15, 0.2) is 5.82 Å². The smallest absolute Gasteiger partial charge is 0.160 e. The summed E-state index contributed by atoms with van der Waals surface area (Å²) in [6.45, 7) is 0. The molecule has 0 saturated heterocycles. The third kappa shape index (κ3) is 6.08. The summed E-state index contributed by atoms with van der Waals surface area (Å²) in [6.07, 6.45) is 0. The fraction of sp³-hybridized carbons (Fsp3) is 0. The van der Waals surface area contributed by atoms with E-state index >= 15 is 0 Å². The van der Waals surface area contributed by atoms with E-state index in [-0.39, 0.29) is 0 Å². The van der Waals surface area contributed by atoms with Crippen LogP contribution in [0.25, 0.3) is 111 Å². The lowest BCUT2D eigenvalue weighted by Gasteiger charge is -2.11. The molecular weight excluding hydrogens is 753 g/mol. The molecule has 0 unspecified atom stereocenters. The Balaban J connectivity index is 0.997. The van der Waals surface area contributed by atoms with Crippen LogP contribution < -0.4 is 0 Å². The Morgan fingerprint density at radius 1 is 0.242 bits per heavy atom. The van der Waals surface area contributed by atoms with Crippen LogP contribution in [0.2, 0.25) is 0 Å². The lowest BCUT2D eigenvalue weighted by molar-refractivity contribution is 1.18. The van der Waals surface area contributed by atoms with Crippen molar-refractivity contribution in [2.45, 2.75) is 0 Å². The summed E-state index contributed by atoms with van der Waals surface area (Å²) in [5.74, 6) is 0.707. The highest BCUT2D eigenvalue weighted by molar-refractivity contribution is 6.12. The number of hydrogen-bond acceptors (Lipinski definition) is 2. The topological polar surface area (TPSA) is 35.6 Å². The molecular formula is C58H38N4. The molecule has 12 aromatic rings. The van der Waals surface area contributed by atoms with E-state index in [1.165, 1.54) is 49.2 Å². The lowest BCUT2D eigenvalue weighted by Crippen LogP contribution is -1.96. The average Bonchev–Trinajstić information content (AvgIpc) is 3.87. The predicted molar refractivity (Wildman–Crippen MR) is 258 cm³/mol. The fourth-order valence-electron chi connectivity index (χ4n) is 9.19. The molecule has 3 aromatic heterocycles. The Kier molecular flexibility index (Phi) is 8.46. The van der Waals surface area contributed by atoms with Gasteiger partial charge < -0.3 is 9.13 Å². The summed E-state index contributed by atoms with van der Waals surface area (Å²) in [6, 6.07) is 82.3. The fourth-order valence-corrected chi connectivity index (χ4v) is 9.19. The van der Waals surface area contributed by atoms with Gasteiger partial charge in [-0.1, -0.05) is 158 Å². The van der Waals surface area contributed by atoms with E-state index in [0.717, 1.165) is 56.1 Å². The third-order valence-corrected chi connectivity index (χ3v) is 12.1. The maximum Gasteiger partial charge on any atom is 0.160 e. The summed E-state index contributed by atoms with van der Waals surface area (Å²) in [5, 5.41) is 4.93. The van der Waals surface area contributed by atoms with Crippen molar-refractivity contribution >= 4 is 43.6 Å².